The van der Waals surface area contributed by atoms with Gasteiger partial charge in [-0.2, -0.15) is 4.98 Å². The highest BCUT2D eigenvalue weighted by Gasteiger charge is 2.31. The number of hydrogen-bond acceptors (Lipinski definition) is 5. The van der Waals surface area contributed by atoms with Crippen LogP contribution in [-0.2, 0) is 21.6 Å². The minimum Gasteiger partial charge on any atom is -0.455 e. The van der Waals surface area contributed by atoms with Crippen molar-refractivity contribution in [3.63, 3.8) is 0 Å². The van der Waals surface area contributed by atoms with Gasteiger partial charge >= 0.3 is 5.97 Å². The third kappa shape index (κ3) is 3.88. The van der Waals surface area contributed by atoms with E-state index in [-0.39, 0.29) is 18.5 Å². The Morgan fingerprint density at radius 1 is 1.12 bits per heavy atom. The lowest BCUT2D eigenvalue weighted by Gasteiger charge is -2.22. The van der Waals surface area contributed by atoms with E-state index in [0.29, 0.717) is 10.8 Å². The average Bonchev–Trinajstić information content (AvgIpc) is 3.10. The molecule has 0 aliphatic heterocycles. The van der Waals surface area contributed by atoms with Gasteiger partial charge in [0.1, 0.15) is 0 Å². The van der Waals surface area contributed by atoms with Crippen LogP contribution in [0, 0.1) is 0 Å². The molecule has 25 heavy (non-hydrogen) atoms. The fourth-order valence-electron chi connectivity index (χ4n) is 2.31. The summed E-state index contributed by atoms with van der Waals surface area (Å²) in [5.41, 5.74) is 0.892. The maximum atomic E-state index is 12.4. The van der Waals surface area contributed by atoms with Gasteiger partial charge in [0.25, 0.3) is 5.89 Å². The van der Waals surface area contributed by atoms with Gasteiger partial charge in [-0.15, -0.1) is 0 Å². The first-order valence-electron chi connectivity index (χ1n) is 7.78. The van der Waals surface area contributed by atoms with E-state index in [0.717, 1.165) is 11.1 Å². The van der Waals surface area contributed by atoms with Gasteiger partial charge in [-0.3, -0.25) is 4.79 Å². The van der Waals surface area contributed by atoms with Crippen molar-refractivity contribution in [3.8, 4) is 11.4 Å². The van der Waals surface area contributed by atoms with Crippen LogP contribution < -0.4 is 0 Å². The van der Waals surface area contributed by atoms with Crippen molar-refractivity contribution in [2.75, 3.05) is 0 Å². The lowest BCUT2D eigenvalue weighted by Crippen LogP contribution is -2.30. The lowest BCUT2D eigenvalue weighted by atomic mass is 9.85. The summed E-state index contributed by atoms with van der Waals surface area (Å²) in [6, 6.07) is 16.6. The highest BCUT2D eigenvalue weighted by Crippen LogP contribution is 2.25. The quantitative estimate of drug-likeness (QED) is 0.633. The summed E-state index contributed by atoms with van der Waals surface area (Å²) in [5.74, 6) is 0.303. The molecule has 0 N–H and O–H groups in total. The van der Waals surface area contributed by atoms with Crippen molar-refractivity contribution < 1.29 is 14.1 Å². The third-order valence-electron chi connectivity index (χ3n) is 3.90. The molecule has 1 aromatic heterocycles. The number of esters is 1. The van der Waals surface area contributed by atoms with E-state index < -0.39 is 5.41 Å². The smallest absolute Gasteiger partial charge is 0.316 e. The van der Waals surface area contributed by atoms with E-state index in [1.807, 2.05) is 44.2 Å². The SMILES string of the molecule is CC(C)(C(=O)OCc1nc(-c2ccc(Cl)cc2)no1)c1ccccc1. The monoisotopic (exact) mass is 356 g/mol. The molecular formula is C19H17ClN2O3. The van der Waals surface area contributed by atoms with Gasteiger partial charge in [-0.1, -0.05) is 47.1 Å². The Kier molecular flexibility index (Phi) is 4.86. The van der Waals surface area contributed by atoms with Gasteiger partial charge in [0.05, 0.1) is 5.41 Å². The number of aromatic nitrogens is 2. The molecule has 0 fully saturated rings. The summed E-state index contributed by atoms with van der Waals surface area (Å²) < 4.78 is 10.5. The zero-order valence-corrected chi connectivity index (χ0v) is 14.7. The second-order valence-electron chi connectivity index (χ2n) is 6.09. The molecule has 128 valence electrons. The van der Waals surface area contributed by atoms with Gasteiger partial charge in [-0.05, 0) is 43.7 Å². The molecule has 0 amide bonds. The van der Waals surface area contributed by atoms with E-state index in [1.54, 1.807) is 24.3 Å². The van der Waals surface area contributed by atoms with Crippen molar-refractivity contribution in [2.24, 2.45) is 0 Å². The summed E-state index contributed by atoms with van der Waals surface area (Å²) in [5, 5.41) is 4.52. The molecule has 1 heterocycles. The average molecular weight is 357 g/mol. The maximum absolute atomic E-state index is 12.4. The number of ether oxygens (including phenoxy) is 1. The standard InChI is InChI=1S/C19H17ClN2O3/c1-19(2,14-6-4-3-5-7-14)18(23)24-12-16-21-17(22-25-16)13-8-10-15(20)11-9-13/h3-11H,12H2,1-2H3. The molecule has 0 bridgehead atoms. The molecule has 0 saturated carbocycles. The Bertz CT molecular complexity index is 858. The lowest BCUT2D eigenvalue weighted by molar-refractivity contribution is -0.151. The third-order valence-corrected chi connectivity index (χ3v) is 4.16. The Balaban J connectivity index is 1.66. The van der Waals surface area contributed by atoms with Crippen LogP contribution in [0.3, 0.4) is 0 Å². The summed E-state index contributed by atoms with van der Waals surface area (Å²) in [4.78, 5) is 16.7. The second-order valence-corrected chi connectivity index (χ2v) is 6.52. The number of carbonyl (C=O) groups excluding carboxylic acids is 1. The van der Waals surface area contributed by atoms with Crippen molar-refractivity contribution in [2.45, 2.75) is 25.9 Å². The minimum atomic E-state index is -0.764. The van der Waals surface area contributed by atoms with Crippen LogP contribution in [-0.4, -0.2) is 16.1 Å². The highest BCUT2D eigenvalue weighted by atomic mass is 35.5. The Hall–Kier alpha value is -2.66. The molecule has 6 heteroatoms. The van der Waals surface area contributed by atoms with Crippen LogP contribution in [0.5, 0.6) is 0 Å². The van der Waals surface area contributed by atoms with E-state index >= 15 is 0 Å². The van der Waals surface area contributed by atoms with Gasteiger partial charge in [0.15, 0.2) is 6.61 Å². The van der Waals surface area contributed by atoms with Crippen molar-refractivity contribution in [1.29, 1.82) is 0 Å². The molecule has 0 radical (unpaired) electrons. The first-order chi connectivity index (χ1) is 12.0. The predicted octanol–water partition coefficient (Wildman–Crippen LogP) is 4.41. The van der Waals surface area contributed by atoms with E-state index in [9.17, 15) is 4.79 Å². The summed E-state index contributed by atoms with van der Waals surface area (Å²) in [6.45, 7) is 3.56. The molecule has 0 atom stereocenters. The minimum absolute atomic E-state index is 0.0737. The molecular weight excluding hydrogens is 340 g/mol. The molecule has 3 aromatic rings. The number of hydrogen-bond donors (Lipinski definition) is 0. The molecule has 0 unspecified atom stereocenters. The van der Waals surface area contributed by atoms with Gasteiger partial charge < -0.3 is 9.26 Å². The first kappa shape index (κ1) is 17.2. The number of nitrogens with zero attached hydrogens (tertiary/aromatic N) is 2. The Labute approximate surface area is 150 Å². The highest BCUT2D eigenvalue weighted by molar-refractivity contribution is 6.30. The van der Waals surface area contributed by atoms with Crippen LogP contribution in [0.25, 0.3) is 11.4 Å². The topological polar surface area (TPSA) is 65.2 Å². The first-order valence-corrected chi connectivity index (χ1v) is 8.16. The van der Waals surface area contributed by atoms with Crippen LogP contribution >= 0.6 is 11.6 Å². The molecule has 2 aromatic carbocycles. The number of benzene rings is 2. The Morgan fingerprint density at radius 2 is 1.80 bits per heavy atom. The summed E-state index contributed by atoms with van der Waals surface area (Å²) in [6.07, 6.45) is 0. The van der Waals surface area contributed by atoms with Crippen molar-refractivity contribution in [3.05, 3.63) is 71.1 Å². The van der Waals surface area contributed by atoms with Crippen molar-refractivity contribution in [1.82, 2.24) is 10.1 Å². The van der Waals surface area contributed by atoms with Crippen molar-refractivity contribution >= 4 is 17.6 Å². The molecule has 3 rings (SSSR count). The van der Waals surface area contributed by atoms with Crippen LogP contribution in [0.1, 0.15) is 25.3 Å². The molecule has 0 aliphatic carbocycles. The van der Waals surface area contributed by atoms with E-state index in [1.165, 1.54) is 0 Å². The molecule has 0 spiro atoms. The maximum Gasteiger partial charge on any atom is 0.316 e. The second kappa shape index (κ2) is 7.07. The summed E-state index contributed by atoms with van der Waals surface area (Å²) in [7, 11) is 0. The number of halogens is 1. The van der Waals surface area contributed by atoms with E-state index in [4.69, 9.17) is 20.9 Å². The fraction of sp³-hybridized carbons (Fsp3) is 0.211. The van der Waals surface area contributed by atoms with Crippen LogP contribution in [0.2, 0.25) is 5.02 Å². The molecule has 5 nitrogen and oxygen atoms in total. The Morgan fingerprint density at radius 3 is 2.48 bits per heavy atom. The number of carbonyl (C=O) groups is 1. The summed E-state index contributed by atoms with van der Waals surface area (Å²) >= 11 is 5.86. The molecule has 0 saturated heterocycles. The van der Waals surface area contributed by atoms with Gasteiger partial charge in [-0.25, -0.2) is 0 Å². The van der Waals surface area contributed by atoms with Gasteiger partial charge in [0, 0.05) is 10.6 Å². The fourth-order valence-corrected chi connectivity index (χ4v) is 2.44. The zero-order chi connectivity index (χ0) is 17.9. The van der Waals surface area contributed by atoms with Crippen LogP contribution in [0.15, 0.2) is 59.1 Å². The van der Waals surface area contributed by atoms with Gasteiger partial charge in [0.2, 0.25) is 5.82 Å². The normalized spacial score (nSPS) is 11.3. The zero-order valence-electron chi connectivity index (χ0n) is 13.9. The van der Waals surface area contributed by atoms with Crippen LogP contribution in [0.4, 0.5) is 0 Å². The predicted molar refractivity (Wildman–Crippen MR) is 94.0 cm³/mol. The van der Waals surface area contributed by atoms with E-state index in [2.05, 4.69) is 10.1 Å². The number of rotatable bonds is 5. The largest absolute Gasteiger partial charge is 0.455 e. The molecule has 0 aliphatic rings.